The van der Waals surface area contributed by atoms with Crippen LogP contribution in [-0.4, -0.2) is 30.5 Å². The number of fused-ring (bicyclic) bond motifs is 1. The SMILES string of the molecule is Cc1nn(-c2ccccc2)c(C)c1COC(=O)CCn1ncc2ccc([N+](=O)[O-])cc21. The van der Waals surface area contributed by atoms with E-state index < -0.39 is 4.92 Å². The molecule has 0 aliphatic heterocycles. The second kappa shape index (κ2) is 8.39. The Hall–Kier alpha value is -4.01. The average molecular weight is 419 g/mol. The zero-order valence-corrected chi connectivity index (χ0v) is 17.2. The molecule has 2 aromatic heterocycles. The number of rotatable bonds is 7. The van der Waals surface area contributed by atoms with E-state index in [2.05, 4.69) is 10.2 Å². The van der Waals surface area contributed by atoms with Crippen LogP contribution in [0.3, 0.4) is 0 Å². The Bertz CT molecular complexity index is 1260. The molecule has 9 heteroatoms. The quantitative estimate of drug-likeness (QED) is 0.256. The first-order valence-electron chi connectivity index (χ1n) is 9.80. The second-order valence-electron chi connectivity index (χ2n) is 7.18. The van der Waals surface area contributed by atoms with Crippen LogP contribution < -0.4 is 0 Å². The van der Waals surface area contributed by atoms with Gasteiger partial charge in [0.2, 0.25) is 0 Å². The number of non-ortho nitro benzene ring substituents is 1. The molecule has 0 aliphatic rings. The largest absolute Gasteiger partial charge is 0.461 e. The van der Waals surface area contributed by atoms with Crippen molar-refractivity contribution in [3.8, 4) is 5.69 Å². The Labute approximate surface area is 178 Å². The molecule has 0 saturated heterocycles. The molecular formula is C22H21N5O4. The Balaban J connectivity index is 1.40. The summed E-state index contributed by atoms with van der Waals surface area (Å²) in [6.45, 7) is 4.23. The molecule has 4 aromatic rings. The maximum atomic E-state index is 12.3. The number of carbonyl (C=O) groups excluding carboxylic acids is 1. The molecule has 0 radical (unpaired) electrons. The third-order valence-corrected chi connectivity index (χ3v) is 5.19. The molecule has 9 nitrogen and oxygen atoms in total. The second-order valence-corrected chi connectivity index (χ2v) is 7.18. The molecule has 0 N–H and O–H groups in total. The first-order chi connectivity index (χ1) is 14.9. The van der Waals surface area contributed by atoms with Gasteiger partial charge in [-0.25, -0.2) is 4.68 Å². The fourth-order valence-corrected chi connectivity index (χ4v) is 3.48. The van der Waals surface area contributed by atoms with Gasteiger partial charge in [-0.2, -0.15) is 10.2 Å². The van der Waals surface area contributed by atoms with Crippen molar-refractivity contribution in [3.05, 3.63) is 81.8 Å². The van der Waals surface area contributed by atoms with Crippen molar-refractivity contribution in [2.24, 2.45) is 0 Å². The van der Waals surface area contributed by atoms with Crippen molar-refractivity contribution in [2.45, 2.75) is 33.4 Å². The van der Waals surface area contributed by atoms with Gasteiger partial charge in [-0.1, -0.05) is 18.2 Å². The highest BCUT2D eigenvalue weighted by Crippen LogP contribution is 2.21. The van der Waals surface area contributed by atoms with Crippen LogP contribution in [0.4, 0.5) is 5.69 Å². The van der Waals surface area contributed by atoms with Crippen LogP contribution in [0.2, 0.25) is 0 Å². The molecule has 0 amide bonds. The van der Waals surface area contributed by atoms with Gasteiger partial charge in [0.15, 0.2) is 0 Å². The highest BCUT2D eigenvalue weighted by molar-refractivity contribution is 5.81. The highest BCUT2D eigenvalue weighted by atomic mass is 16.6. The summed E-state index contributed by atoms with van der Waals surface area (Å²) in [5.41, 5.74) is 4.13. The van der Waals surface area contributed by atoms with Crippen LogP contribution in [0.25, 0.3) is 16.6 Å². The molecule has 0 atom stereocenters. The summed E-state index contributed by atoms with van der Waals surface area (Å²) in [5, 5.41) is 20.6. The van der Waals surface area contributed by atoms with Crippen LogP contribution in [0.5, 0.6) is 0 Å². The zero-order valence-electron chi connectivity index (χ0n) is 17.2. The Morgan fingerprint density at radius 2 is 1.94 bits per heavy atom. The van der Waals surface area contributed by atoms with Crippen molar-refractivity contribution < 1.29 is 14.5 Å². The van der Waals surface area contributed by atoms with Crippen LogP contribution in [-0.2, 0) is 22.7 Å². The van der Waals surface area contributed by atoms with E-state index in [0.717, 1.165) is 28.0 Å². The van der Waals surface area contributed by atoms with Crippen molar-refractivity contribution in [3.63, 3.8) is 0 Å². The third-order valence-electron chi connectivity index (χ3n) is 5.19. The molecule has 0 bridgehead atoms. The summed E-state index contributed by atoms with van der Waals surface area (Å²) in [6.07, 6.45) is 1.72. The summed E-state index contributed by atoms with van der Waals surface area (Å²) < 4.78 is 8.88. The van der Waals surface area contributed by atoms with E-state index in [1.807, 2.05) is 48.9 Å². The number of esters is 1. The third kappa shape index (κ3) is 4.16. The minimum Gasteiger partial charge on any atom is -0.461 e. The number of para-hydroxylation sites is 1. The lowest BCUT2D eigenvalue weighted by Crippen LogP contribution is -2.10. The van der Waals surface area contributed by atoms with Gasteiger partial charge in [0, 0.05) is 28.8 Å². The fraction of sp³-hybridized carbons (Fsp3) is 0.227. The van der Waals surface area contributed by atoms with E-state index in [0.29, 0.717) is 5.52 Å². The van der Waals surface area contributed by atoms with Crippen LogP contribution in [0, 0.1) is 24.0 Å². The number of hydrogen-bond donors (Lipinski definition) is 0. The standard InChI is InChI=1S/C22H21N5O4/c1-15-20(16(2)26(24-15)18-6-4-3-5-7-18)14-31-22(28)10-11-25-21-12-19(27(29)30)9-8-17(21)13-23-25/h3-9,12-13H,10-11,14H2,1-2H3. The lowest BCUT2D eigenvalue weighted by molar-refractivity contribution is -0.384. The summed E-state index contributed by atoms with van der Waals surface area (Å²) in [6, 6.07) is 14.3. The molecule has 2 heterocycles. The van der Waals surface area contributed by atoms with Crippen LogP contribution >= 0.6 is 0 Å². The van der Waals surface area contributed by atoms with Crippen molar-refractivity contribution in [1.29, 1.82) is 0 Å². The molecule has 0 saturated carbocycles. The van der Waals surface area contributed by atoms with Gasteiger partial charge in [-0.15, -0.1) is 0 Å². The molecule has 158 valence electrons. The van der Waals surface area contributed by atoms with Gasteiger partial charge in [-0.3, -0.25) is 19.6 Å². The maximum absolute atomic E-state index is 12.3. The zero-order chi connectivity index (χ0) is 22.0. The van der Waals surface area contributed by atoms with Crippen LogP contribution in [0.1, 0.15) is 23.4 Å². The van der Waals surface area contributed by atoms with Gasteiger partial charge in [0.25, 0.3) is 5.69 Å². The van der Waals surface area contributed by atoms with E-state index in [9.17, 15) is 14.9 Å². The lowest BCUT2D eigenvalue weighted by atomic mass is 10.2. The number of benzene rings is 2. The van der Waals surface area contributed by atoms with Gasteiger partial charge in [0.05, 0.1) is 41.0 Å². The number of aryl methyl sites for hydroxylation is 2. The Morgan fingerprint density at radius 3 is 2.68 bits per heavy atom. The van der Waals surface area contributed by atoms with Gasteiger partial charge >= 0.3 is 5.97 Å². The van der Waals surface area contributed by atoms with Gasteiger partial charge in [0.1, 0.15) is 6.61 Å². The summed E-state index contributed by atoms with van der Waals surface area (Å²) in [7, 11) is 0. The molecule has 2 aromatic carbocycles. The van der Waals surface area contributed by atoms with Gasteiger partial charge in [-0.05, 0) is 32.0 Å². The maximum Gasteiger partial charge on any atom is 0.308 e. The first kappa shape index (κ1) is 20.3. The number of nitro benzene ring substituents is 1. The lowest BCUT2D eigenvalue weighted by Gasteiger charge is -2.07. The van der Waals surface area contributed by atoms with Gasteiger partial charge < -0.3 is 4.74 Å². The molecule has 0 spiro atoms. The smallest absolute Gasteiger partial charge is 0.308 e. The van der Waals surface area contributed by atoms with E-state index in [4.69, 9.17) is 4.74 Å². The number of hydrogen-bond acceptors (Lipinski definition) is 6. The van der Waals surface area contributed by atoms with E-state index >= 15 is 0 Å². The molecule has 0 fully saturated rings. The van der Waals surface area contributed by atoms with Crippen LogP contribution in [0.15, 0.2) is 54.7 Å². The normalized spacial score (nSPS) is 11.0. The first-order valence-corrected chi connectivity index (χ1v) is 9.80. The van der Waals surface area contributed by atoms with E-state index in [1.54, 1.807) is 16.9 Å². The number of carbonyl (C=O) groups is 1. The highest BCUT2D eigenvalue weighted by Gasteiger charge is 2.16. The summed E-state index contributed by atoms with van der Waals surface area (Å²) in [5.74, 6) is -0.375. The molecule has 4 rings (SSSR count). The number of nitro groups is 1. The molecule has 0 aliphatic carbocycles. The van der Waals surface area contributed by atoms with Crippen molar-refractivity contribution in [2.75, 3.05) is 0 Å². The minimum absolute atomic E-state index is 0.0156. The predicted molar refractivity (Wildman–Crippen MR) is 114 cm³/mol. The molecular weight excluding hydrogens is 398 g/mol. The Kier molecular flexibility index (Phi) is 5.48. The number of nitrogens with zero attached hydrogens (tertiary/aromatic N) is 5. The Morgan fingerprint density at radius 1 is 1.16 bits per heavy atom. The van der Waals surface area contributed by atoms with E-state index in [-0.39, 0.29) is 31.2 Å². The topological polar surface area (TPSA) is 105 Å². The van der Waals surface area contributed by atoms with Crippen molar-refractivity contribution in [1.82, 2.24) is 19.6 Å². The predicted octanol–water partition coefficient (Wildman–Crippen LogP) is 3.88. The van der Waals surface area contributed by atoms with Crippen molar-refractivity contribution >= 4 is 22.6 Å². The van der Waals surface area contributed by atoms with E-state index in [1.165, 1.54) is 12.1 Å². The summed E-state index contributed by atoms with van der Waals surface area (Å²) in [4.78, 5) is 22.9. The number of ether oxygens (including phenoxy) is 1. The molecule has 0 unspecified atom stereocenters. The average Bonchev–Trinajstić information content (AvgIpc) is 3.31. The monoisotopic (exact) mass is 419 g/mol. The molecule has 31 heavy (non-hydrogen) atoms. The fourth-order valence-electron chi connectivity index (χ4n) is 3.48. The number of aromatic nitrogens is 4. The summed E-state index contributed by atoms with van der Waals surface area (Å²) >= 11 is 0. The minimum atomic E-state index is -0.453.